The molecular formula is C16H25N5O2S. The van der Waals surface area contributed by atoms with Gasteiger partial charge < -0.3 is 4.57 Å². The lowest BCUT2D eigenvalue weighted by Crippen LogP contribution is -2.39. The van der Waals surface area contributed by atoms with Crippen LogP contribution >= 0.6 is 0 Å². The van der Waals surface area contributed by atoms with Gasteiger partial charge in [0, 0.05) is 38.8 Å². The Balaban J connectivity index is 1.88. The maximum Gasteiger partial charge on any atom is 0.246 e. The first kappa shape index (κ1) is 17.2. The van der Waals surface area contributed by atoms with Crippen LogP contribution in [-0.2, 0) is 23.6 Å². The predicted molar refractivity (Wildman–Crippen MR) is 91.3 cm³/mol. The summed E-state index contributed by atoms with van der Waals surface area (Å²) in [5.41, 5.74) is 1.67. The molecule has 2 aromatic heterocycles. The molecule has 3 heterocycles. The molecule has 1 aliphatic heterocycles. The van der Waals surface area contributed by atoms with Crippen LogP contribution in [0.5, 0.6) is 0 Å². The number of sulfonamides is 1. The van der Waals surface area contributed by atoms with Crippen molar-refractivity contribution in [3.8, 4) is 0 Å². The molecular weight excluding hydrogens is 326 g/mol. The summed E-state index contributed by atoms with van der Waals surface area (Å²) in [6, 6.07) is 0. The van der Waals surface area contributed by atoms with Crippen LogP contribution in [0.4, 0.5) is 0 Å². The number of imidazole rings is 1. The van der Waals surface area contributed by atoms with E-state index in [1.54, 1.807) is 8.99 Å². The first-order chi connectivity index (χ1) is 11.3. The molecule has 1 atom stereocenters. The molecule has 0 spiro atoms. The third-order valence-electron chi connectivity index (χ3n) is 4.76. The zero-order valence-electron chi connectivity index (χ0n) is 14.7. The van der Waals surface area contributed by atoms with E-state index in [0.29, 0.717) is 30.2 Å². The van der Waals surface area contributed by atoms with Crippen LogP contribution in [0.3, 0.4) is 0 Å². The molecule has 0 N–H and O–H groups in total. The number of nitrogens with zero attached hydrogens (tertiary/aromatic N) is 5. The quantitative estimate of drug-likeness (QED) is 0.842. The average Bonchev–Trinajstić information content (AvgIpc) is 3.09. The fourth-order valence-corrected chi connectivity index (χ4v) is 5.21. The van der Waals surface area contributed by atoms with Gasteiger partial charge in [-0.2, -0.15) is 9.40 Å². The first-order valence-electron chi connectivity index (χ1n) is 8.37. The van der Waals surface area contributed by atoms with Gasteiger partial charge in [0.2, 0.25) is 10.0 Å². The van der Waals surface area contributed by atoms with Gasteiger partial charge in [0.05, 0.1) is 17.6 Å². The second kappa shape index (κ2) is 6.33. The minimum atomic E-state index is -3.52. The molecule has 1 unspecified atom stereocenters. The predicted octanol–water partition coefficient (Wildman–Crippen LogP) is 1.82. The molecule has 7 nitrogen and oxygen atoms in total. The monoisotopic (exact) mass is 351 g/mol. The van der Waals surface area contributed by atoms with Crippen molar-refractivity contribution in [2.45, 2.75) is 51.0 Å². The summed E-state index contributed by atoms with van der Waals surface area (Å²) in [6.07, 6.45) is 5.27. The van der Waals surface area contributed by atoms with Crippen molar-refractivity contribution in [1.29, 1.82) is 0 Å². The summed E-state index contributed by atoms with van der Waals surface area (Å²) < 4.78 is 31.4. The topological polar surface area (TPSA) is 73.0 Å². The van der Waals surface area contributed by atoms with Crippen molar-refractivity contribution in [2.24, 2.45) is 7.05 Å². The number of aryl methyl sites for hydroxylation is 3. The van der Waals surface area contributed by atoms with E-state index >= 15 is 0 Å². The fraction of sp³-hybridized carbons (Fsp3) is 0.625. The normalized spacial score (nSPS) is 19.8. The third-order valence-corrected chi connectivity index (χ3v) is 6.73. The largest absolute Gasteiger partial charge is 0.337 e. The fourth-order valence-electron chi connectivity index (χ4n) is 3.53. The Morgan fingerprint density at radius 2 is 2.08 bits per heavy atom. The molecule has 8 heteroatoms. The lowest BCUT2D eigenvalue weighted by molar-refractivity contribution is 0.306. The van der Waals surface area contributed by atoms with E-state index in [1.165, 1.54) is 6.20 Å². The average molecular weight is 351 g/mol. The summed E-state index contributed by atoms with van der Waals surface area (Å²) >= 11 is 0. The van der Waals surface area contributed by atoms with E-state index in [0.717, 1.165) is 24.4 Å². The van der Waals surface area contributed by atoms with Crippen LogP contribution < -0.4 is 0 Å². The molecule has 132 valence electrons. The molecule has 1 aliphatic rings. The van der Waals surface area contributed by atoms with Gasteiger partial charge in [-0.25, -0.2) is 13.4 Å². The molecule has 0 bridgehead atoms. The molecule has 3 rings (SSSR count). The Morgan fingerprint density at radius 3 is 2.67 bits per heavy atom. The van der Waals surface area contributed by atoms with Gasteiger partial charge in [0.25, 0.3) is 0 Å². The van der Waals surface area contributed by atoms with Crippen LogP contribution in [-0.4, -0.2) is 45.1 Å². The lowest BCUT2D eigenvalue weighted by atomic mass is 9.99. The van der Waals surface area contributed by atoms with Gasteiger partial charge in [0.15, 0.2) is 0 Å². The second-order valence-electron chi connectivity index (χ2n) is 6.46. The zero-order valence-corrected chi connectivity index (χ0v) is 15.5. The van der Waals surface area contributed by atoms with Crippen LogP contribution in [0.25, 0.3) is 0 Å². The third kappa shape index (κ3) is 2.88. The Kier molecular flexibility index (Phi) is 4.52. The van der Waals surface area contributed by atoms with Gasteiger partial charge in [-0.1, -0.05) is 0 Å². The molecule has 0 aliphatic carbocycles. The van der Waals surface area contributed by atoms with Gasteiger partial charge in [-0.3, -0.25) is 4.68 Å². The molecule has 1 fully saturated rings. The van der Waals surface area contributed by atoms with E-state index in [1.807, 2.05) is 38.6 Å². The molecule has 0 amide bonds. The maximum atomic E-state index is 13.0. The van der Waals surface area contributed by atoms with Crippen molar-refractivity contribution in [3.05, 3.63) is 29.6 Å². The number of rotatable bonds is 4. The number of hydrogen-bond donors (Lipinski definition) is 0. The lowest BCUT2D eigenvalue weighted by Gasteiger charge is -2.31. The Hall–Kier alpha value is -1.67. The van der Waals surface area contributed by atoms with Crippen molar-refractivity contribution in [2.75, 3.05) is 13.1 Å². The van der Waals surface area contributed by atoms with E-state index in [2.05, 4.69) is 10.1 Å². The van der Waals surface area contributed by atoms with Crippen LogP contribution in [0, 0.1) is 13.8 Å². The van der Waals surface area contributed by atoms with E-state index in [9.17, 15) is 8.42 Å². The summed E-state index contributed by atoms with van der Waals surface area (Å²) in [7, 11) is -1.55. The maximum absolute atomic E-state index is 13.0. The Labute approximate surface area is 143 Å². The molecule has 0 saturated carbocycles. The van der Waals surface area contributed by atoms with E-state index in [-0.39, 0.29) is 5.92 Å². The minimum Gasteiger partial charge on any atom is -0.337 e. The zero-order chi connectivity index (χ0) is 17.5. The van der Waals surface area contributed by atoms with Crippen molar-refractivity contribution >= 4 is 10.0 Å². The number of piperidine rings is 1. The molecule has 1 saturated heterocycles. The Bertz CT molecular complexity index is 837. The standard InChI is InChI=1S/C16H25N5O2S/c1-5-21-13(3)15(9-17-21)24(22,23)20-8-6-7-14(11-20)16-18-12(2)10-19(16)4/h9-10,14H,5-8,11H2,1-4H3. The van der Waals surface area contributed by atoms with E-state index < -0.39 is 10.0 Å². The van der Waals surface area contributed by atoms with Crippen LogP contribution in [0.15, 0.2) is 17.3 Å². The van der Waals surface area contributed by atoms with Crippen LogP contribution in [0.1, 0.15) is 42.9 Å². The van der Waals surface area contributed by atoms with Gasteiger partial charge in [-0.15, -0.1) is 0 Å². The van der Waals surface area contributed by atoms with Crippen molar-refractivity contribution in [3.63, 3.8) is 0 Å². The van der Waals surface area contributed by atoms with E-state index in [4.69, 9.17) is 0 Å². The second-order valence-corrected chi connectivity index (χ2v) is 8.37. The summed E-state index contributed by atoms with van der Waals surface area (Å²) in [5.74, 6) is 1.10. The van der Waals surface area contributed by atoms with Gasteiger partial charge in [0.1, 0.15) is 10.7 Å². The SMILES string of the molecule is CCn1ncc(S(=O)(=O)N2CCCC(c3nc(C)cn3C)C2)c1C. The summed E-state index contributed by atoms with van der Waals surface area (Å²) in [4.78, 5) is 4.90. The molecule has 0 radical (unpaired) electrons. The highest BCUT2D eigenvalue weighted by molar-refractivity contribution is 7.89. The highest BCUT2D eigenvalue weighted by Crippen LogP contribution is 2.30. The molecule has 24 heavy (non-hydrogen) atoms. The van der Waals surface area contributed by atoms with Crippen molar-refractivity contribution in [1.82, 2.24) is 23.6 Å². The molecule has 0 aromatic carbocycles. The summed E-state index contributed by atoms with van der Waals surface area (Å²) in [6.45, 7) is 7.42. The highest BCUT2D eigenvalue weighted by Gasteiger charge is 2.34. The highest BCUT2D eigenvalue weighted by atomic mass is 32.2. The molecule has 2 aromatic rings. The Morgan fingerprint density at radius 1 is 1.33 bits per heavy atom. The number of aromatic nitrogens is 4. The summed E-state index contributed by atoms with van der Waals surface area (Å²) in [5, 5.41) is 4.18. The van der Waals surface area contributed by atoms with Crippen LogP contribution in [0.2, 0.25) is 0 Å². The van der Waals surface area contributed by atoms with Crippen molar-refractivity contribution < 1.29 is 8.42 Å². The van der Waals surface area contributed by atoms with Gasteiger partial charge in [-0.05, 0) is 33.6 Å². The smallest absolute Gasteiger partial charge is 0.246 e. The van der Waals surface area contributed by atoms with Gasteiger partial charge >= 0.3 is 0 Å². The first-order valence-corrected chi connectivity index (χ1v) is 9.81. The number of hydrogen-bond acceptors (Lipinski definition) is 4. The minimum absolute atomic E-state index is 0.133.